The van der Waals surface area contributed by atoms with Crippen molar-refractivity contribution in [2.24, 2.45) is 11.8 Å². The van der Waals surface area contributed by atoms with Crippen LogP contribution in [0.2, 0.25) is 0 Å². The molecule has 0 saturated heterocycles. The van der Waals surface area contributed by atoms with Crippen LogP contribution in [-0.2, 0) is 0 Å². The summed E-state index contributed by atoms with van der Waals surface area (Å²) in [5.41, 5.74) is 0. The monoisotopic (exact) mass is 228 g/mol. The molecule has 2 nitrogen and oxygen atoms in total. The lowest BCUT2D eigenvalue weighted by molar-refractivity contribution is 0.157. The number of rotatable bonds is 9. The third-order valence-corrected chi connectivity index (χ3v) is 2.87. The van der Waals surface area contributed by atoms with Gasteiger partial charge in [0.1, 0.15) is 0 Å². The third-order valence-electron chi connectivity index (χ3n) is 2.87. The average Bonchev–Trinajstić information content (AvgIpc) is 2.15. The van der Waals surface area contributed by atoms with Crippen molar-refractivity contribution in [1.29, 1.82) is 0 Å². The Labute approximate surface area is 103 Å². The van der Waals surface area contributed by atoms with Gasteiger partial charge in [-0.05, 0) is 45.2 Å². The molecule has 0 fully saturated rings. The van der Waals surface area contributed by atoms with E-state index in [-0.39, 0.29) is 0 Å². The van der Waals surface area contributed by atoms with Crippen LogP contribution in [0.15, 0.2) is 0 Å². The molecule has 0 radical (unpaired) electrons. The number of nitrogens with one attached hydrogen (secondary N) is 1. The predicted octanol–water partition coefficient (Wildman–Crippen LogP) is 2.99. The van der Waals surface area contributed by atoms with E-state index in [1.807, 2.05) is 7.05 Å². The molecule has 0 aliphatic carbocycles. The van der Waals surface area contributed by atoms with Crippen molar-refractivity contribution in [3.05, 3.63) is 0 Å². The van der Waals surface area contributed by atoms with Crippen LogP contribution in [0.25, 0.3) is 0 Å². The molecule has 0 saturated carbocycles. The second kappa shape index (κ2) is 9.00. The molecule has 0 rings (SSSR count). The molecule has 0 aliphatic rings. The molecule has 16 heavy (non-hydrogen) atoms. The molecule has 0 amide bonds. The summed E-state index contributed by atoms with van der Waals surface area (Å²) in [6, 6.07) is 0.721. The molecule has 2 heteroatoms. The van der Waals surface area contributed by atoms with E-state index in [1.54, 1.807) is 0 Å². The van der Waals surface area contributed by atoms with Crippen LogP contribution in [0.1, 0.15) is 47.5 Å². The van der Waals surface area contributed by atoms with Gasteiger partial charge in [0.2, 0.25) is 0 Å². The lowest BCUT2D eigenvalue weighted by Crippen LogP contribution is -2.38. The zero-order valence-electron chi connectivity index (χ0n) is 12.2. The third kappa shape index (κ3) is 8.12. The van der Waals surface area contributed by atoms with Gasteiger partial charge in [-0.1, -0.05) is 27.7 Å². The Kier molecular flexibility index (Phi) is 8.96. The molecule has 0 bridgehead atoms. The number of hydrogen-bond acceptors (Lipinski definition) is 2. The Hall–Kier alpha value is -0.0800. The van der Waals surface area contributed by atoms with E-state index in [0.717, 1.165) is 24.4 Å². The Balaban J connectivity index is 4.04. The van der Waals surface area contributed by atoms with E-state index >= 15 is 0 Å². The first-order valence-electron chi connectivity index (χ1n) is 6.86. The molecule has 1 N–H and O–H groups in total. The molecule has 1 atom stereocenters. The van der Waals surface area contributed by atoms with Gasteiger partial charge in [0.05, 0.1) is 0 Å². The molecule has 1 unspecified atom stereocenters. The highest BCUT2D eigenvalue weighted by Crippen LogP contribution is 2.12. The fourth-order valence-corrected chi connectivity index (χ4v) is 2.13. The molecule has 0 aromatic rings. The molecular weight excluding hydrogens is 196 g/mol. The summed E-state index contributed by atoms with van der Waals surface area (Å²) < 4.78 is 0. The molecular formula is C14H32N2. The van der Waals surface area contributed by atoms with Gasteiger partial charge in [0, 0.05) is 19.1 Å². The van der Waals surface area contributed by atoms with Crippen molar-refractivity contribution >= 4 is 0 Å². The number of hydrogen-bond donors (Lipinski definition) is 1. The highest BCUT2D eigenvalue weighted by molar-refractivity contribution is 4.70. The van der Waals surface area contributed by atoms with Gasteiger partial charge in [-0.15, -0.1) is 0 Å². The van der Waals surface area contributed by atoms with Gasteiger partial charge < -0.3 is 10.2 Å². The summed E-state index contributed by atoms with van der Waals surface area (Å²) >= 11 is 0. The highest BCUT2D eigenvalue weighted by atomic mass is 15.1. The zero-order valence-corrected chi connectivity index (χ0v) is 12.2. The summed E-state index contributed by atoms with van der Waals surface area (Å²) in [5, 5.41) is 3.23. The minimum absolute atomic E-state index is 0.721. The Morgan fingerprint density at radius 2 is 1.44 bits per heavy atom. The summed E-state index contributed by atoms with van der Waals surface area (Å²) in [6.07, 6.45) is 2.59. The molecule has 0 aliphatic heterocycles. The van der Waals surface area contributed by atoms with Crippen LogP contribution in [0.4, 0.5) is 0 Å². The Morgan fingerprint density at radius 3 is 1.81 bits per heavy atom. The van der Waals surface area contributed by atoms with Crippen molar-refractivity contribution in [3.63, 3.8) is 0 Å². The van der Waals surface area contributed by atoms with Crippen molar-refractivity contribution in [2.45, 2.75) is 53.5 Å². The van der Waals surface area contributed by atoms with Crippen molar-refractivity contribution < 1.29 is 0 Å². The van der Waals surface area contributed by atoms with Crippen molar-refractivity contribution in [2.75, 3.05) is 26.7 Å². The topological polar surface area (TPSA) is 15.3 Å². The van der Waals surface area contributed by atoms with E-state index < -0.39 is 0 Å². The lowest BCUT2D eigenvalue weighted by atomic mass is 10.1. The molecule has 0 spiro atoms. The summed E-state index contributed by atoms with van der Waals surface area (Å²) in [6.45, 7) is 15.2. The van der Waals surface area contributed by atoms with E-state index in [4.69, 9.17) is 0 Å². The Bertz CT molecular complexity index is 145. The second-order valence-electron chi connectivity index (χ2n) is 5.84. The van der Waals surface area contributed by atoms with Crippen LogP contribution < -0.4 is 5.32 Å². The van der Waals surface area contributed by atoms with Gasteiger partial charge in [0.25, 0.3) is 0 Å². The van der Waals surface area contributed by atoms with Crippen molar-refractivity contribution in [3.8, 4) is 0 Å². The van der Waals surface area contributed by atoms with Gasteiger partial charge in [-0.25, -0.2) is 0 Å². The Morgan fingerprint density at radius 1 is 0.938 bits per heavy atom. The van der Waals surface area contributed by atoms with Gasteiger partial charge in [-0.3, -0.25) is 0 Å². The largest absolute Gasteiger partial charge is 0.320 e. The molecule has 98 valence electrons. The first-order chi connectivity index (χ1) is 7.47. The second-order valence-corrected chi connectivity index (χ2v) is 5.84. The number of nitrogens with zero attached hydrogens (tertiary/aromatic N) is 1. The first-order valence-corrected chi connectivity index (χ1v) is 6.86. The SMILES string of the molecule is CNCCCC(C)N(CC(C)C)CC(C)C. The summed E-state index contributed by atoms with van der Waals surface area (Å²) in [7, 11) is 2.03. The average molecular weight is 228 g/mol. The zero-order chi connectivity index (χ0) is 12.6. The normalized spacial score (nSPS) is 14.1. The van der Waals surface area contributed by atoms with Gasteiger partial charge >= 0.3 is 0 Å². The quantitative estimate of drug-likeness (QED) is 0.610. The summed E-state index contributed by atoms with van der Waals surface area (Å²) in [4.78, 5) is 2.66. The minimum atomic E-state index is 0.721. The smallest absolute Gasteiger partial charge is 0.00676 e. The predicted molar refractivity (Wildman–Crippen MR) is 73.9 cm³/mol. The van der Waals surface area contributed by atoms with E-state index in [9.17, 15) is 0 Å². The van der Waals surface area contributed by atoms with E-state index in [0.29, 0.717) is 0 Å². The minimum Gasteiger partial charge on any atom is -0.320 e. The van der Waals surface area contributed by atoms with Crippen LogP contribution in [-0.4, -0.2) is 37.6 Å². The highest BCUT2D eigenvalue weighted by Gasteiger charge is 2.15. The standard InChI is InChI=1S/C14H32N2/c1-12(2)10-16(11-13(3)4)14(5)8-7-9-15-6/h12-15H,7-11H2,1-6H3. The first kappa shape index (κ1) is 15.9. The maximum absolute atomic E-state index is 3.23. The van der Waals surface area contributed by atoms with Crippen molar-refractivity contribution in [1.82, 2.24) is 10.2 Å². The maximum atomic E-state index is 3.23. The molecule has 0 aromatic heterocycles. The van der Waals surface area contributed by atoms with Gasteiger partial charge in [-0.2, -0.15) is 0 Å². The fourth-order valence-electron chi connectivity index (χ4n) is 2.13. The molecule has 0 aromatic carbocycles. The van der Waals surface area contributed by atoms with Crippen LogP contribution in [0, 0.1) is 11.8 Å². The van der Waals surface area contributed by atoms with Gasteiger partial charge in [0.15, 0.2) is 0 Å². The summed E-state index contributed by atoms with van der Waals surface area (Å²) in [5.74, 6) is 1.54. The lowest BCUT2D eigenvalue weighted by Gasteiger charge is -2.32. The van der Waals surface area contributed by atoms with Crippen LogP contribution >= 0.6 is 0 Å². The fraction of sp³-hybridized carbons (Fsp3) is 1.00. The van der Waals surface area contributed by atoms with Crippen LogP contribution in [0.3, 0.4) is 0 Å². The maximum Gasteiger partial charge on any atom is 0.00676 e. The van der Waals surface area contributed by atoms with E-state index in [2.05, 4.69) is 44.8 Å². The van der Waals surface area contributed by atoms with E-state index in [1.165, 1.54) is 25.9 Å². The van der Waals surface area contributed by atoms with Crippen LogP contribution in [0.5, 0.6) is 0 Å². The molecule has 0 heterocycles.